The van der Waals surface area contributed by atoms with Gasteiger partial charge >= 0.3 is 0 Å². The van der Waals surface area contributed by atoms with E-state index in [1.54, 1.807) is 0 Å². The van der Waals surface area contributed by atoms with Crippen LogP contribution in [0.2, 0.25) is 0 Å². The average Bonchev–Trinajstić information content (AvgIpc) is 3.82. The van der Waals surface area contributed by atoms with Gasteiger partial charge < -0.3 is 19.1 Å². The van der Waals surface area contributed by atoms with Crippen LogP contribution >= 0.6 is 0 Å². The summed E-state index contributed by atoms with van der Waals surface area (Å²) in [6.45, 7) is 15.7. The Labute approximate surface area is 379 Å². The van der Waals surface area contributed by atoms with Gasteiger partial charge in [-0.1, -0.05) is 138 Å². The molecule has 0 fully saturated rings. The van der Waals surface area contributed by atoms with Gasteiger partial charge in [0, 0.05) is 72.5 Å². The second kappa shape index (κ2) is 16.1. The smallest absolute Gasteiger partial charge is 0.135 e. The van der Waals surface area contributed by atoms with Crippen molar-refractivity contribution in [3.8, 4) is 39.6 Å². The zero-order chi connectivity index (χ0) is 41.9. The van der Waals surface area contributed by atoms with Gasteiger partial charge in [-0.2, -0.15) is 12.1 Å². The molecular weight excluding hydrogens is 940 g/mol. The van der Waals surface area contributed by atoms with Crippen LogP contribution in [0.25, 0.3) is 49.9 Å². The average molecular weight is 987 g/mol. The first-order valence-corrected chi connectivity index (χ1v) is 21.0. The molecule has 0 aliphatic carbocycles. The summed E-state index contributed by atoms with van der Waals surface area (Å²) in [7, 11) is 0. The topological polar surface area (TPSA) is 33.5 Å². The van der Waals surface area contributed by atoms with Crippen molar-refractivity contribution in [1.82, 2.24) is 9.55 Å². The summed E-state index contributed by atoms with van der Waals surface area (Å²) in [5.74, 6) is 2.05. The van der Waals surface area contributed by atoms with Gasteiger partial charge in [-0.25, -0.2) is 4.98 Å². The summed E-state index contributed by atoms with van der Waals surface area (Å²) in [4.78, 5) is 9.41. The SMILES string of the molecule is CC(C)(C)c1ccnc(-n2c3[c-]c(Oc4[c-]c(N5[CH-]N(c6c(-c7ccccc7)cc(C(C)(C)C)cc6-c6ccccc6)c6ccccc65)ccc4)ccc3c3ccccc32)c1.[Pt]. The van der Waals surface area contributed by atoms with Gasteiger partial charge in [0.25, 0.3) is 0 Å². The fourth-order valence-electron chi connectivity index (χ4n) is 8.42. The van der Waals surface area contributed by atoms with Crippen molar-refractivity contribution in [2.75, 3.05) is 9.80 Å². The fraction of sp³-hybridized carbons (Fsp3) is 0.143. The Hall–Kier alpha value is -6.42. The first-order chi connectivity index (χ1) is 29.5. The number of nitrogens with zero attached hydrogens (tertiary/aromatic N) is 4. The number of hydrogen-bond acceptors (Lipinski definition) is 4. The number of anilines is 4. The first-order valence-electron chi connectivity index (χ1n) is 21.0. The molecular formula is C56H47N4OPt-3. The summed E-state index contributed by atoms with van der Waals surface area (Å²) in [5.41, 5.74) is 13.2. The van der Waals surface area contributed by atoms with Crippen molar-refractivity contribution in [3.05, 3.63) is 200 Å². The molecule has 62 heavy (non-hydrogen) atoms. The standard InChI is InChI=1S/C56H47N4O.Pt/c1-55(2,3)40-30-31-57-53(34-40)60-49-25-14-13-24-45(49)46-29-28-44(36-52(46)60)61-43-23-17-22-42(35-43)58-37-59(51-27-16-15-26-50(51)58)54-47(38-18-9-7-10-19-38)32-41(56(4,5)6)33-48(54)39-20-11-8-12-21-39;/h7-34,37H,1-6H3;/q-3;. The van der Waals surface area contributed by atoms with E-state index < -0.39 is 0 Å². The third-order valence-corrected chi connectivity index (χ3v) is 11.6. The van der Waals surface area contributed by atoms with E-state index >= 15 is 0 Å². The second-order valence-corrected chi connectivity index (χ2v) is 17.8. The molecule has 0 radical (unpaired) electrons. The molecule has 0 bridgehead atoms. The molecule has 1 aliphatic heterocycles. The van der Waals surface area contributed by atoms with Crippen molar-refractivity contribution < 1.29 is 25.8 Å². The molecule has 0 N–H and O–H groups in total. The minimum absolute atomic E-state index is 0. The molecule has 0 saturated carbocycles. The van der Waals surface area contributed by atoms with Crippen LogP contribution in [0, 0.1) is 18.8 Å². The van der Waals surface area contributed by atoms with Gasteiger partial charge in [0.15, 0.2) is 0 Å². The Balaban J connectivity index is 0.00000490. The zero-order valence-electron chi connectivity index (χ0n) is 35.8. The molecule has 9 aromatic rings. The molecule has 5 nitrogen and oxygen atoms in total. The number of aromatic nitrogens is 2. The number of para-hydroxylation sites is 3. The maximum absolute atomic E-state index is 6.65. The van der Waals surface area contributed by atoms with Crippen LogP contribution in [-0.2, 0) is 31.9 Å². The third-order valence-electron chi connectivity index (χ3n) is 11.6. The summed E-state index contributed by atoms with van der Waals surface area (Å²) in [6, 6.07) is 65.0. The van der Waals surface area contributed by atoms with Crippen LogP contribution in [0.1, 0.15) is 52.7 Å². The summed E-state index contributed by atoms with van der Waals surface area (Å²) in [5, 5.41) is 2.23. The normalized spacial score (nSPS) is 12.7. The Morgan fingerprint density at radius 2 is 1.13 bits per heavy atom. The van der Waals surface area contributed by atoms with Crippen LogP contribution in [0.5, 0.6) is 11.5 Å². The maximum atomic E-state index is 6.65. The molecule has 2 aromatic heterocycles. The van der Waals surface area contributed by atoms with Gasteiger partial charge in [-0.3, -0.25) is 0 Å². The summed E-state index contributed by atoms with van der Waals surface area (Å²) < 4.78 is 8.84. The second-order valence-electron chi connectivity index (χ2n) is 17.8. The van der Waals surface area contributed by atoms with Gasteiger partial charge in [0.2, 0.25) is 0 Å². The molecule has 0 atom stereocenters. The Morgan fingerprint density at radius 1 is 0.532 bits per heavy atom. The van der Waals surface area contributed by atoms with Crippen LogP contribution in [0.15, 0.2) is 170 Å². The number of hydrogen-bond donors (Lipinski definition) is 0. The van der Waals surface area contributed by atoms with E-state index in [-0.39, 0.29) is 31.9 Å². The van der Waals surface area contributed by atoms with E-state index in [9.17, 15) is 0 Å². The molecule has 6 heteroatoms. The molecule has 1 aliphatic rings. The maximum Gasteiger partial charge on any atom is 0.135 e. The first kappa shape index (κ1) is 41.0. The minimum Gasteiger partial charge on any atom is -0.509 e. The number of fused-ring (bicyclic) bond motifs is 4. The van der Waals surface area contributed by atoms with Crippen molar-refractivity contribution in [3.63, 3.8) is 0 Å². The number of rotatable bonds is 7. The number of ether oxygens (including phenoxy) is 1. The third kappa shape index (κ3) is 7.49. The molecule has 10 rings (SSSR count). The van der Waals surface area contributed by atoms with E-state index in [1.165, 1.54) is 22.3 Å². The van der Waals surface area contributed by atoms with Gasteiger partial charge in [-0.05, 0) is 80.9 Å². The van der Waals surface area contributed by atoms with Gasteiger partial charge in [0.1, 0.15) is 5.82 Å². The van der Waals surface area contributed by atoms with E-state index in [4.69, 9.17) is 9.72 Å². The van der Waals surface area contributed by atoms with Gasteiger partial charge in [0.05, 0.1) is 0 Å². The monoisotopic (exact) mass is 986 g/mol. The predicted octanol–water partition coefficient (Wildman–Crippen LogP) is 14.9. The molecule has 3 heterocycles. The minimum atomic E-state index is -0.0631. The Morgan fingerprint density at radius 3 is 1.79 bits per heavy atom. The van der Waals surface area contributed by atoms with Crippen LogP contribution in [0.3, 0.4) is 0 Å². The number of benzene rings is 7. The van der Waals surface area contributed by atoms with Crippen molar-refractivity contribution in [2.24, 2.45) is 0 Å². The molecule has 0 amide bonds. The summed E-state index contributed by atoms with van der Waals surface area (Å²) in [6.07, 6.45) is 1.90. The van der Waals surface area contributed by atoms with E-state index in [0.717, 1.165) is 61.5 Å². The van der Waals surface area contributed by atoms with E-state index in [0.29, 0.717) is 11.5 Å². The molecule has 0 saturated heterocycles. The van der Waals surface area contributed by atoms with Crippen LogP contribution in [0.4, 0.5) is 22.7 Å². The molecule has 310 valence electrons. The van der Waals surface area contributed by atoms with Gasteiger partial charge in [-0.15, -0.1) is 48.1 Å². The zero-order valence-corrected chi connectivity index (χ0v) is 38.0. The van der Waals surface area contributed by atoms with E-state index in [2.05, 4.69) is 220 Å². The number of pyridine rings is 1. The van der Waals surface area contributed by atoms with Crippen molar-refractivity contribution >= 4 is 44.6 Å². The van der Waals surface area contributed by atoms with Crippen LogP contribution < -0.4 is 14.5 Å². The molecule has 0 unspecified atom stereocenters. The van der Waals surface area contributed by atoms with Crippen molar-refractivity contribution in [1.29, 1.82) is 0 Å². The predicted molar refractivity (Wildman–Crippen MR) is 252 cm³/mol. The quantitative estimate of drug-likeness (QED) is 0.149. The molecule has 7 aromatic carbocycles. The Kier molecular flexibility index (Phi) is 10.7. The Bertz CT molecular complexity index is 3010. The van der Waals surface area contributed by atoms with E-state index in [1.807, 2.05) is 24.4 Å². The summed E-state index contributed by atoms with van der Waals surface area (Å²) >= 11 is 0. The van der Waals surface area contributed by atoms with Crippen molar-refractivity contribution in [2.45, 2.75) is 52.4 Å². The molecule has 0 spiro atoms. The fourth-order valence-corrected chi connectivity index (χ4v) is 8.42. The largest absolute Gasteiger partial charge is 0.509 e. The van der Waals surface area contributed by atoms with Crippen LogP contribution in [-0.4, -0.2) is 9.55 Å².